The molecule has 1 rings (SSSR count). The van der Waals surface area contributed by atoms with E-state index < -0.39 is 0 Å². The lowest BCUT2D eigenvalue weighted by Crippen LogP contribution is -2.55. The van der Waals surface area contributed by atoms with Gasteiger partial charge in [0, 0.05) is 66.7 Å². The third-order valence-electron chi connectivity index (χ3n) is 3.46. The molecule has 1 aliphatic heterocycles. The number of rotatable bonds is 8. The van der Waals surface area contributed by atoms with E-state index in [0.29, 0.717) is 0 Å². The second-order valence-corrected chi connectivity index (χ2v) is 5.90. The molecular weight excluding hydrogens is 320 g/mol. The van der Waals surface area contributed by atoms with Crippen molar-refractivity contribution in [1.29, 1.82) is 0 Å². The van der Waals surface area contributed by atoms with Crippen LogP contribution in [-0.2, 0) is 9.47 Å². The maximum absolute atomic E-state index is 5.42. The molecule has 0 aromatic carbocycles. The van der Waals surface area contributed by atoms with Crippen molar-refractivity contribution >= 4 is 34.7 Å². The monoisotopic (exact) mass is 348 g/mol. The molecule has 0 aliphatic carbocycles. The molecule has 22 heavy (non-hydrogen) atoms. The number of ether oxygens (including phenoxy) is 2. The van der Waals surface area contributed by atoms with Crippen molar-refractivity contribution in [2.24, 2.45) is 0 Å². The van der Waals surface area contributed by atoms with Gasteiger partial charge in [0.1, 0.15) is 0 Å². The van der Waals surface area contributed by atoms with Crippen molar-refractivity contribution in [3.8, 4) is 0 Å². The van der Waals surface area contributed by atoms with Gasteiger partial charge in [-0.25, -0.2) is 0 Å². The van der Waals surface area contributed by atoms with E-state index in [1.165, 1.54) is 0 Å². The first-order chi connectivity index (χ1) is 10.7. The number of methoxy groups -OCH3 is 2. The van der Waals surface area contributed by atoms with Crippen LogP contribution in [0.1, 0.15) is 12.8 Å². The van der Waals surface area contributed by atoms with Gasteiger partial charge in [0.25, 0.3) is 0 Å². The van der Waals surface area contributed by atoms with E-state index in [4.69, 9.17) is 33.9 Å². The van der Waals surface area contributed by atoms with Gasteiger partial charge in [-0.1, -0.05) is 0 Å². The molecule has 0 aromatic heterocycles. The van der Waals surface area contributed by atoms with E-state index in [1.807, 2.05) is 0 Å². The lowest BCUT2D eigenvalue weighted by Gasteiger charge is -2.37. The highest BCUT2D eigenvalue weighted by Gasteiger charge is 2.20. The molecule has 1 fully saturated rings. The van der Waals surface area contributed by atoms with Gasteiger partial charge in [-0.3, -0.25) is 0 Å². The number of nitrogens with zero attached hydrogens (tertiary/aromatic N) is 2. The highest BCUT2D eigenvalue weighted by Crippen LogP contribution is 2.03. The number of hydrogen-bond acceptors (Lipinski definition) is 4. The summed E-state index contributed by atoms with van der Waals surface area (Å²) < 4.78 is 10.0. The maximum Gasteiger partial charge on any atom is 0.169 e. The van der Waals surface area contributed by atoms with Crippen LogP contribution in [0.25, 0.3) is 0 Å². The normalized spacial score (nSPS) is 14.8. The first-order valence-electron chi connectivity index (χ1n) is 7.72. The van der Waals surface area contributed by atoms with Crippen molar-refractivity contribution in [2.75, 3.05) is 66.7 Å². The average molecular weight is 349 g/mol. The van der Waals surface area contributed by atoms with Crippen LogP contribution in [0.3, 0.4) is 0 Å². The van der Waals surface area contributed by atoms with Crippen LogP contribution >= 0.6 is 24.4 Å². The van der Waals surface area contributed by atoms with Gasteiger partial charge < -0.3 is 29.9 Å². The summed E-state index contributed by atoms with van der Waals surface area (Å²) in [6.45, 7) is 6.82. The zero-order valence-electron chi connectivity index (χ0n) is 13.6. The summed E-state index contributed by atoms with van der Waals surface area (Å²) in [6, 6.07) is 0. The van der Waals surface area contributed by atoms with Gasteiger partial charge in [-0.05, 0) is 37.3 Å². The minimum atomic E-state index is 0.756. The molecule has 1 heterocycles. The largest absolute Gasteiger partial charge is 0.385 e. The third-order valence-corrected chi connectivity index (χ3v) is 4.26. The summed E-state index contributed by atoms with van der Waals surface area (Å²) in [5, 5.41) is 8.21. The van der Waals surface area contributed by atoms with Crippen LogP contribution in [0, 0.1) is 0 Å². The zero-order chi connectivity index (χ0) is 16.2. The molecule has 6 nitrogen and oxygen atoms in total. The standard InChI is InChI=1S/C14H28N4O2S2/c1-19-11-3-5-15-13(21)17-7-9-18(10-8-17)14(22)16-6-4-12-20-2/h3-12H2,1-2H3,(H,15,21)(H,16,22). The summed E-state index contributed by atoms with van der Waals surface area (Å²) in [4.78, 5) is 4.40. The molecule has 0 amide bonds. The van der Waals surface area contributed by atoms with Crippen LogP contribution < -0.4 is 10.6 Å². The predicted octanol–water partition coefficient (Wildman–Crippen LogP) is 0.426. The number of thiocarbonyl (C=S) groups is 2. The Morgan fingerprint density at radius 2 is 1.18 bits per heavy atom. The van der Waals surface area contributed by atoms with E-state index in [9.17, 15) is 0 Å². The smallest absolute Gasteiger partial charge is 0.169 e. The number of nitrogens with one attached hydrogen (secondary N) is 2. The third kappa shape index (κ3) is 7.53. The Hall–Kier alpha value is -0.700. The van der Waals surface area contributed by atoms with Crippen molar-refractivity contribution in [3.63, 3.8) is 0 Å². The van der Waals surface area contributed by atoms with Crippen LogP contribution in [0.5, 0.6) is 0 Å². The second-order valence-electron chi connectivity index (χ2n) is 5.13. The molecule has 2 N–H and O–H groups in total. The lowest BCUT2D eigenvalue weighted by atomic mass is 10.3. The fraction of sp³-hybridized carbons (Fsp3) is 0.857. The Morgan fingerprint density at radius 3 is 1.50 bits per heavy atom. The molecule has 8 heteroatoms. The Labute approximate surface area is 144 Å². The van der Waals surface area contributed by atoms with Gasteiger partial charge in [0.05, 0.1) is 0 Å². The summed E-state index contributed by atoms with van der Waals surface area (Å²) in [5.41, 5.74) is 0. The van der Waals surface area contributed by atoms with Crippen LogP contribution in [0.2, 0.25) is 0 Å². The van der Waals surface area contributed by atoms with Crippen molar-refractivity contribution in [1.82, 2.24) is 20.4 Å². The molecule has 128 valence electrons. The quantitative estimate of drug-likeness (QED) is 0.484. The van der Waals surface area contributed by atoms with Crippen molar-refractivity contribution in [2.45, 2.75) is 12.8 Å². The van der Waals surface area contributed by atoms with Crippen molar-refractivity contribution < 1.29 is 9.47 Å². The second kappa shape index (κ2) is 11.8. The molecule has 0 spiro atoms. The average Bonchev–Trinajstić information content (AvgIpc) is 2.55. The summed E-state index contributed by atoms with van der Waals surface area (Å²) in [7, 11) is 3.42. The molecule has 0 aromatic rings. The van der Waals surface area contributed by atoms with Gasteiger partial charge in [-0.15, -0.1) is 0 Å². The molecule has 0 unspecified atom stereocenters. The fourth-order valence-corrected chi connectivity index (χ4v) is 2.73. The van der Waals surface area contributed by atoms with Crippen molar-refractivity contribution in [3.05, 3.63) is 0 Å². The van der Waals surface area contributed by atoms with Crippen LogP contribution in [0.15, 0.2) is 0 Å². The van der Waals surface area contributed by atoms with E-state index in [1.54, 1.807) is 14.2 Å². The minimum Gasteiger partial charge on any atom is -0.385 e. The maximum atomic E-state index is 5.42. The van der Waals surface area contributed by atoms with Gasteiger partial charge in [-0.2, -0.15) is 0 Å². The van der Waals surface area contributed by atoms with Gasteiger partial charge in [0.2, 0.25) is 0 Å². The van der Waals surface area contributed by atoms with Crippen LogP contribution in [0.4, 0.5) is 0 Å². The van der Waals surface area contributed by atoms with Gasteiger partial charge in [0.15, 0.2) is 10.2 Å². The molecule has 0 radical (unpaired) electrons. The SMILES string of the molecule is COCCCNC(=S)N1CCN(C(=S)NCCCOC)CC1. The summed E-state index contributed by atoms with van der Waals surface area (Å²) in [6.07, 6.45) is 1.93. The number of piperazine rings is 1. The Bertz CT molecular complexity index is 305. The fourth-order valence-electron chi connectivity index (χ4n) is 2.16. The highest BCUT2D eigenvalue weighted by molar-refractivity contribution is 7.80. The van der Waals surface area contributed by atoms with Crippen LogP contribution in [-0.4, -0.2) is 86.7 Å². The molecule has 0 saturated carbocycles. The van der Waals surface area contributed by atoms with E-state index in [2.05, 4.69) is 20.4 Å². The molecule has 0 atom stereocenters. The topological polar surface area (TPSA) is 49.0 Å². The minimum absolute atomic E-state index is 0.756. The zero-order valence-corrected chi connectivity index (χ0v) is 15.2. The predicted molar refractivity (Wildman–Crippen MR) is 97.3 cm³/mol. The molecule has 0 bridgehead atoms. The lowest BCUT2D eigenvalue weighted by molar-refractivity contribution is 0.194. The highest BCUT2D eigenvalue weighted by atomic mass is 32.1. The Balaban J connectivity index is 2.16. The number of hydrogen-bond donors (Lipinski definition) is 2. The molecular formula is C14H28N4O2S2. The molecule has 1 aliphatic rings. The van der Waals surface area contributed by atoms with E-state index in [0.717, 1.165) is 75.5 Å². The summed E-state index contributed by atoms with van der Waals surface area (Å²) in [5.74, 6) is 0. The first-order valence-corrected chi connectivity index (χ1v) is 8.54. The Kier molecular flexibility index (Phi) is 10.4. The first kappa shape index (κ1) is 19.3. The van der Waals surface area contributed by atoms with Gasteiger partial charge >= 0.3 is 0 Å². The Morgan fingerprint density at radius 1 is 0.818 bits per heavy atom. The van der Waals surface area contributed by atoms with E-state index in [-0.39, 0.29) is 0 Å². The summed E-state index contributed by atoms with van der Waals surface area (Å²) >= 11 is 10.8. The van der Waals surface area contributed by atoms with E-state index >= 15 is 0 Å². The molecule has 1 saturated heterocycles.